The van der Waals surface area contributed by atoms with Gasteiger partial charge in [-0.15, -0.1) is 0 Å². The van der Waals surface area contributed by atoms with Crippen molar-refractivity contribution in [2.45, 2.75) is 13.0 Å². The monoisotopic (exact) mass is 306 g/mol. The third kappa shape index (κ3) is 3.16. The molecule has 0 aliphatic carbocycles. The Morgan fingerprint density at radius 1 is 1.00 bits per heavy atom. The van der Waals surface area contributed by atoms with Gasteiger partial charge in [-0.1, -0.05) is 55.1 Å². The highest BCUT2D eigenvalue weighted by Crippen LogP contribution is 2.30. The van der Waals surface area contributed by atoms with Crippen LogP contribution in [0.25, 0.3) is 5.70 Å². The number of amides is 2. The van der Waals surface area contributed by atoms with E-state index in [1.165, 1.54) is 0 Å². The van der Waals surface area contributed by atoms with Gasteiger partial charge in [0.05, 0.1) is 0 Å². The van der Waals surface area contributed by atoms with Gasteiger partial charge >= 0.3 is 0 Å². The first kappa shape index (κ1) is 15.0. The van der Waals surface area contributed by atoms with Gasteiger partial charge in [0, 0.05) is 36.3 Å². The van der Waals surface area contributed by atoms with E-state index < -0.39 is 0 Å². The van der Waals surface area contributed by atoms with Crippen molar-refractivity contribution in [1.82, 2.24) is 10.2 Å². The average Bonchev–Trinajstić information content (AvgIpc) is 2.83. The van der Waals surface area contributed by atoms with E-state index in [1.807, 2.05) is 48.5 Å². The van der Waals surface area contributed by atoms with Crippen molar-refractivity contribution in [2.24, 2.45) is 0 Å². The Kier molecular flexibility index (Phi) is 4.24. The topological polar surface area (TPSA) is 49.4 Å². The van der Waals surface area contributed by atoms with Crippen LogP contribution in [0, 0.1) is 0 Å². The molecule has 0 saturated carbocycles. The quantitative estimate of drug-likeness (QED) is 0.923. The SMILES string of the molecule is C=C1c2ccccc2C(=O)N1CCC(=O)NCc1ccccc1. The summed E-state index contributed by atoms with van der Waals surface area (Å²) in [6.07, 6.45) is 0.256. The standard InChI is InChI=1S/C19H18N2O2/c1-14-16-9-5-6-10-17(16)19(23)21(14)12-11-18(22)20-13-15-7-3-2-4-8-15/h2-10H,1,11-13H2,(H,20,22). The number of nitrogens with one attached hydrogen (secondary N) is 1. The zero-order valence-electron chi connectivity index (χ0n) is 12.8. The molecule has 0 unspecified atom stereocenters. The highest BCUT2D eigenvalue weighted by Gasteiger charge is 2.30. The van der Waals surface area contributed by atoms with Crippen LogP contribution in [-0.4, -0.2) is 23.3 Å². The summed E-state index contributed by atoms with van der Waals surface area (Å²) >= 11 is 0. The minimum absolute atomic E-state index is 0.0783. The second-order valence-corrected chi connectivity index (χ2v) is 5.46. The molecule has 1 aliphatic rings. The van der Waals surface area contributed by atoms with Crippen molar-refractivity contribution in [1.29, 1.82) is 0 Å². The number of carbonyl (C=O) groups excluding carboxylic acids is 2. The van der Waals surface area contributed by atoms with Crippen LogP contribution in [0.4, 0.5) is 0 Å². The number of fused-ring (bicyclic) bond motifs is 1. The van der Waals surface area contributed by atoms with Crippen molar-refractivity contribution in [3.8, 4) is 0 Å². The molecule has 0 aromatic heterocycles. The van der Waals surface area contributed by atoms with E-state index in [0.717, 1.165) is 11.1 Å². The van der Waals surface area contributed by atoms with Gasteiger partial charge in [0.15, 0.2) is 0 Å². The van der Waals surface area contributed by atoms with E-state index >= 15 is 0 Å². The van der Waals surface area contributed by atoms with Gasteiger partial charge in [-0.2, -0.15) is 0 Å². The molecule has 3 rings (SSSR count). The molecule has 0 atom stereocenters. The molecule has 0 spiro atoms. The van der Waals surface area contributed by atoms with Crippen molar-refractivity contribution >= 4 is 17.5 Å². The lowest BCUT2D eigenvalue weighted by molar-refractivity contribution is -0.121. The fraction of sp³-hybridized carbons (Fsp3) is 0.158. The molecule has 0 fully saturated rings. The second-order valence-electron chi connectivity index (χ2n) is 5.46. The minimum atomic E-state index is -0.0820. The van der Waals surface area contributed by atoms with Crippen LogP contribution in [0.3, 0.4) is 0 Å². The molecule has 116 valence electrons. The first-order valence-electron chi connectivity index (χ1n) is 7.57. The van der Waals surface area contributed by atoms with E-state index in [9.17, 15) is 9.59 Å². The first-order chi connectivity index (χ1) is 11.2. The summed E-state index contributed by atoms with van der Waals surface area (Å²) in [5.41, 5.74) is 3.22. The number of benzene rings is 2. The lowest BCUT2D eigenvalue weighted by atomic mass is 10.1. The predicted octanol–water partition coefficient (Wildman–Crippen LogP) is 2.82. The number of hydrogen-bond donors (Lipinski definition) is 1. The maximum Gasteiger partial charge on any atom is 0.258 e. The summed E-state index contributed by atoms with van der Waals surface area (Å²) in [4.78, 5) is 25.9. The molecule has 2 amide bonds. The summed E-state index contributed by atoms with van der Waals surface area (Å²) in [6.45, 7) is 4.81. The smallest absolute Gasteiger partial charge is 0.258 e. The van der Waals surface area contributed by atoms with E-state index in [2.05, 4.69) is 11.9 Å². The lowest BCUT2D eigenvalue weighted by Gasteiger charge is -2.17. The van der Waals surface area contributed by atoms with Gasteiger partial charge in [0.25, 0.3) is 5.91 Å². The Morgan fingerprint density at radius 2 is 1.65 bits per heavy atom. The molecule has 1 heterocycles. The summed E-state index contributed by atoms with van der Waals surface area (Å²) in [5.74, 6) is -0.160. The molecule has 4 nitrogen and oxygen atoms in total. The number of carbonyl (C=O) groups is 2. The second kappa shape index (κ2) is 6.48. The van der Waals surface area contributed by atoms with Crippen LogP contribution in [-0.2, 0) is 11.3 Å². The zero-order valence-corrected chi connectivity index (χ0v) is 12.8. The number of hydrogen-bond acceptors (Lipinski definition) is 2. The molecule has 0 radical (unpaired) electrons. The molecule has 23 heavy (non-hydrogen) atoms. The third-order valence-corrected chi connectivity index (χ3v) is 3.93. The van der Waals surface area contributed by atoms with Crippen molar-refractivity contribution in [2.75, 3.05) is 6.54 Å². The average molecular weight is 306 g/mol. The normalized spacial score (nSPS) is 13.1. The van der Waals surface area contributed by atoms with E-state index in [1.54, 1.807) is 11.0 Å². The summed E-state index contributed by atoms with van der Waals surface area (Å²) in [6, 6.07) is 17.1. The lowest BCUT2D eigenvalue weighted by Crippen LogP contribution is -2.30. The predicted molar refractivity (Wildman–Crippen MR) is 89.4 cm³/mol. The van der Waals surface area contributed by atoms with Gasteiger partial charge in [0.2, 0.25) is 5.91 Å². The van der Waals surface area contributed by atoms with Crippen LogP contribution in [0.1, 0.15) is 27.9 Å². The highest BCUT2D eigenvalue weighted by molar-refractivity contribution is 6.08. The van der Waals surface area contributed by atoms with Crippen molar-refractivity contribution in [3.63, 3.8) is 0 Å². The van der Waals surface area contributed by atoms with Crippen LogP contribution >= 0.6 is 0 Å². The summed E-state index contributed by atoms with van der Waals surface area (Å²) in [5, 5.41) is 2.87. The highest BCUT2D eigenvalue weighted by atomic mass is 16.2. The molecule has 0 bridgehead atoms. The molecule has 2 aromatic rings. The molecule has 1 aliphatic heterocycles. The number of rotatable bonds is 5. The fourth-order valence-corrected chi connectivity index (χ4v) is 2.67. The van der Waals surface area contributed by atoms with Crippen LogP contribution < -0.4 is 5.32 Å². The summed E-state index contributed by atoms with van der Waals surface area (Å²) in [7, 11) is 0. The Labute approximate surface area is 135 Å². The van der Waals surface area contributed by atoms with E-state index in [-0.39, 0.29) is 18.2 Å². The van der Waals surface area contributed by atoms with Gasteiger partial charge in [-0.3, -0.25) is 9.59 Å². The Balaban J connectivity index is 1.54. The van der Waals surface area contributed by atoms with Gasteiger partial charge < -0.3 is 10.2 Å². The zero-order chi connectivity index (χ0) is 16.2. The Bertz CT molecular complexity index is 718. The van der Waals surface area contributed by atoms with Crippen LogP contribution in [0.2, 0.25) is 0 Å². The van der Waals surface area contributed by atoms with Crippen molar-refractivity contribution < 1.29 is 9.59 Å². The molecule has 0 saturated heterocycles. The maximum absolute atomic E-state index is 12.3. The van der Waals surface area contributed by atoms with E-state index in [4.69, 9.17) is 0 Å². The molecular weight excluding hydrogens is 288 g/mol. The Hall–Kier alpha value is -2.88. The first-order valence-corrected chi connectivity index (χ1v) is 7.57. The minimum Gasteiger partial charge on any atom is -0.352 e. The van der Waals surface area contributed by atoms with Crippen LogP contribution in [0.5, 0.6) is 0 Å². The van der Waals surface area contributed by atoms with Crippen molar-refractivity contribution in [3.05, 3.63) is 77.9 Å². The molecule has 1 N–H and O–H groups in total. The van der Waals surface area contributed by atoms with Gasteiger partial charge in [0.1, 0.15) is 0 Å². The van der Waals surface area contributed by atoms with Crippen LogP contribution in [0.15, 0.2) is 61.2 Å². The van der Waals surface area contributed by atoms with Gasteiger partial charge in [-0.05, 0) is 11.6 Å². The largest absolute Gasteiger partial charge is 0.352 e. The molecule has 2 aromatic carbocycles. The maximum atomic E-state index is 12.3. The van der Waals surface area contributed by atoms with Gasteiger partial charge in [-0.25, -0.2) is 0 Å². The summed E-state index contributed by atoms with van der Waals surface area (Å²) < 4.78 is 0. The van der Waals surface area contributed by atoms with E-state index in [0.29, 0.717) is 24.4 Å². The molecule has 4 heteroatoms. The molecular formula is C19H18N2O2. The third-order valence-electron chi connectivity index (χ3n) is 3.93. The fourth-order valence-electron chi connectivity index (χ4n) is 2.67. The number of nitrogens with zero attached hydrogens (tertiary/aromatic N) is 1. The Morgan fingerprint density at radius 3 is 2.35 bits per heavy atom.